The number of aryl methyl sites for hydroxylation is 1. The van der Waals surface area contributed by atoms with Crippen molar-refractivity contribution in [1.29, 1.82) is 0 Å². The van der Waals surface area contributed by atoms with Crippen LogP contribution in [-0.4, -0.2) is 46.5 Å². The molecule has 1 aliphatic rings. The summed E-state index contributed by atoms with van der Waals surface area (Å²) in [6, 6.07) is 10.3. The van der Waals surface area contributed by atoms with Crippen LogP contribution in [0, 0.1) is 38.5 Å². The third-order valence-corrected chi connectivity index (χ3v) is 4.31. The van der Waals surface area contributed by atoms with E-state index in [-0.39, 0.29) is 19.0 Å². The molecule has 2 heterocycles. The van der Waals surface area contributed by atoms with Crippen LogP contribution in [0.1, 0.15) is 36.6 Å². The zero-order valence-corrected chi connectivity index (χ0v) is 17.4. The second kappa shape index (κ2) is 15.2. The number of nitrogens with zero attached hydrogens (tertiary/aromatic N) is 1. The van der Waals surface area contributed by atoms with Crippen LogP contribution >= 0.6 is 0 Å². The Kier molecular flexibility index (Phi) is 13.7. The van der Waals surface area contributed by atoms with Gasteiger partial charge in [-0.3, -0.25) is 5.10 Å². The van der Waals surface area contributed by atoms with E-state index in [4.69, 9.17) is 14.6 Å². The van der Waals surface area contributed by atoms with Crippen LogP contribution in [0.15, 0.2) is 30.3 Å². The second-order valence-corrected chi connectivity index (χ2v) is 6.36. The number of terminal acetylenes is 2. The maximum atomic E-state index is 9.34. The molecule has 1 aliphatic heterocycles. The van der Waals surface area contributed by atoms with Crippen LogP contribution in [0.5, 0.6) is 5.88 Å². The van der Waals surface area contributed by atoms with Crippen molar-refractivity contribution < 1.29 is 19.7 Å². The van der Waals surface area contributed by atoms with Gasteiger partial charge in [-0.25, -0.2) is 0 Å². The fourth-order valence-corrected chi connectivity index (χ4v) is 3.05. The predicted octanol–water partition coefficient (Wildman–Crippen LogP) is 2.93. The molecule has 1 aromatic heterocycles. The SMILES string of the molecule is C#C.C#C.CO.Cc1[nH]nc(O[C@H]2C[C@@H](C)C[C@@H](CO)O2)c1Cc1ccccc1. The lowest BCUT2D eigenvalue weighted by molar-refractivity contribution is -0.172. The van der Waals surface area contributed by atoms with Crippen molar-refractivity contribution in [2.75, 3.05) is 13.7 Å². The van der Waals surface area contributed by atoms with Gasteiger partial charge in [-0.2, -0.15) is 0 Å². The molecule has 29 heavy (non-hydrogen) atoms. The Morgan fingerprint density at radius 2 is 1.76 bits per heavy atom. The number of hydrogen-bond acceptors (Lipinski definition) is 5. The first kappa shape index (κ1) is 26.2. The van der Waals surface area contributed by atoms with Gasteiger partial charge in [0, 0.05) is 31.2 Å². The molecule has 1 aromatic carbocycles. The molecule has 0 bridgehead atoms. The van der Waals surface area contributed by atoms with Crippen molar-refractivity contribution >= 4 is 0 Å². The number of nitrogens with one attached hydrogen (secondary N) is 1. The maximum absolute atomic E-state index is 9.34. The standard InChI is InChI=1S/C18H24N2O3.2C2H2.CH4O/c1-12-8-15(11-21)22-17(9-12)23-18-16(13(2)19-20-18)10-14-6-4-3-5-7-14;3*1-2/h3-7,12,15,17,21H,8-11H2,1-2H3,(H,19,20);2*1-2H;2H,1H3/t12-,15-,17-;;;/m0.../s1. The first-order valence-electron chi connectivity index (χ1n) is 9.27. The van der Waals surface area contributed by atoms with Gasteiger partial charge < -0.3 is 19.7 Å². The second-order valence-electron chi connectivity index (χ2n) is 6.36. The van der Waals surface area contributed by atoms with E-state index in [1.54, 1.807) is 0 Å². The number of aliphatic hydroxyl groups excluding tert-OH is 2. The summed E-state index contributed by atoms with van der Waals surface area (Å²) >= 11 is 0. The van der Waals surface area contributed by atoms with Crippen molar-refractivity contribution in [3.8, 4) is 31.6 Å². The molecule has 1 saturated heterocycles. The summed E-state index contributed by atoms with van der Waals surface area (Å²) in [6.45, 7) is 4.18. The number of benzene rings is 1. The largest absolute Gasteiger partial charge is 0.446 e. The first-order valence-corrected chi connectivity index (χ1v) is 9.27. The predicted molar refractivity (Wildman–Crippen MR) is 115 cm³/mol. The minimum Gasteiger partial charge on any atom is -0.446 e. The average Bonchev–Trinajstić information content (AvgIpc) is 3.12. The van der Waals surface area contributed by atoms with E-state index in [9.17, 15) is 5.11 Å². The lowest BCUT2D eigenvalue weighted by Crippen LogP contribution is -2.37. The van der Waals surface area contributed by atoms with Crippen LogP contribution in [-0.2, 0) is 11.2 Å². The summed E-state index contributed by atoms with van der Waals surface area (Å²) in [5, 5.41) is 23.6. The first-order chi connectivity index (χ1) is 14.2. The Morgan fingerprint density at radius 3 is 2.34 bits per heavy atom. The number of hydrogen-bond donors (Lipinski definition) is 3. The molecule has 3 atom stereocenters. The van der Waals surface area contributed by atoms with Gasteiger partial charge in [-0.05, 0) is 24.8 Å². The monoisotopic (exact) mass is 400 g/mol. The minimum atomic E-state index is -0.354. The molecular formula is C23H32N2O4. The van der Waals surface area contributed by atoms with Gasteiger partial charge in [0.05, 0.1) is 12.7 Å². The Morgan fingerprint density at radius 1 is 1.14 bits per heavy atom. The van der Waals surface area contributed by atoms with Crippen LogP contribution in [0.4, 0.5) is 0 Å². The Balaban J connectivity index is 0.00000120. The van der Waals surface area contributed by atoms with Crippen LogP contribution in [0.3, 0.4) is 0 Å². The van der Waals surface area contributed by atoms with Gasteiger partial charge in [0.15, 0.2) is 0 Å². The fraction of sp³-hybridized carbons (Fsp3) is 0.435. The Labute approximate surface area is 174 Å². The lowest BCUT2D eigenvalue weighted by Gasteiger charge is -2.32. The third-order valence-electron chi connectivity index (χ3n) is 4.31. The molecule has 0 spiro atoms. The highest BCUT2D eigenvalue weighted by atomic mass is 16.7. The molecule has 158 valence electrons. The van der Waals surface area contributed by atoms with Crippen LogP contribution in [0.2, 0.25) is 0 Å². The van der Waals surface area contributed by atoms with Gasteiger partial charge in [-0.1, -0.05) is 37.3 Å². The Bertz CT molecular complexity index is 703. The van der Waals surface area contributed by atoms with E-state index < -0.39 is 0 Å². The summed E-state index contributed by atoms with van der Waals surface area (Å²) in [6.07, 6.45) is 17.9. The molecule has 6 nitrogen and oxygen atoms in total. The summed E-state index contributed by atoms with van der Waals surface area (Å²) in [5.41, 5.74) is 3.28. The molecule has 0 radical (unpaired) electrons. The van der Waals surface area contributed by atoms with Crippen LogP contribution < -0.4 is 4.74 Å². The molecular weight excluding hydrogens is 368 g/mol. The number of aromatic amines is 1. The fourth-order valence-electron chi connectivity index (χ4n) is 3.05. The zero-order valence-electron chi connectivity index (χ0n) is 17.4. The van der Waals surface area contributed by atoms with Crippen molar-refractivity contribution in [1.82, 2.24) is 10.2 Å². The zero-order chi connectivity index (χ0) is 22.2. The number of aromatic nitrogens is 2. The number of H-pyrrole nitrogens is 1. The van der Waals surface area contributed by atoms with Crippen molar-refractivity contribution in [2.45, 2.75) is 45.5 Å². The minimum absolute atomic E-state index is 0.0284. The Hall–Kier alpha value is -2.77. The van der Waals surface area contributed by atoms with Gasteiger partial charge in [0.25, 0.3) is 0 Å². The van der Waals surface area contributed by atoms with E-state index in [1.165, 1.54) is 5.56 Å². The van der Waals surface area contributed by atoms with E-state index in [0.717, 1.165) is 37.6 Å². The summed E-state index contributed by atoms with van der Waals surface area (Å²) in [5.74, 6) is 1.06. The van der Waals surface area contributed by atoms with E-state index in [0.29, 0.717) is 11.8 Å². The quantitative estimate of drug-likeness (QED) is 0.672. The number of aliphatic hydroxyl groups is 2. The van der Waals surface area contributed by atoms with Crippen molar-refractivity contribution in [2.24, 2.45) is 5.92 Å². The smallest absolute Gasteiger partial charge is 0.238 e. The molecule has 3 rings (SSSR count). The van der Waals surface area contributed by atoms with Crippen LogP contribution in [0.25, 0.3) is 0 Å². The lowest BCUT2D eigenvalue weighted by atomic mass is 9.97. The highest BCUT2D eigenvalue weighted by Gasteiger charge is 2.29. The molecule has 1 fully saturated rings. The molecule has 3 N–H and O–H groups in total. The molecule has 0 aliphatic carbocycles. The highest BCUT2D eigenvalue weighted by molar-refractivity contribution is 5.35. The van der Waals surface area contributed by atoms with Gasteiger partial charge in [-0.15, -0.1) is 30.8 Å². The summed E-state index contributed by atoms with van der Waals surface area (Å²) in [4.78, 5) is 0. The van der Waals surface area contributed by atoms with Gasteiger partial charge >= 0.3 is 0 Å². The van der Waals surface area contributed by atoms with E-state index in [2.05, 4.69) is 54.9 Å². The van der Waals surface area contributed by atoms with Gasteiger partial charge in [0.1, 0.15) is 0 Å². The van der Waals surface area contributed by atoms with E-state index in [1.807, 2.05) is 25.1 Å². The van der Waals surface area contributed by atoms with E-state index >= 15 is 0 Å². The normalized spacial score (nSPS) is 19.8. The highest BCUT2D eigenvalue weighted by Crippen LogP contribution is 2.29. The average molecular weight is 401 g/mol. The summed E-state index contributed by atoms with van der Waals surface area (Å²) < 4.78 is 11.8. The van der Waals surface area contributed by atoms with Crippen molar-refractivity contribution in [3.05, 3.63) is 47.2 Å². The third kappa shape index (κ3) is 8.41. The topological polar surface area (TPSA) is 87.6 Å². The molecule has 0 amide bonds. The van der Waals surface area contributed by atoms with Gasteiger partial charge in [0.2, 0.25) is 12.2 Å². The number of ether oxygens (including phenoxy) is 2. The molecule has 0 unspecified atom stereocenters. The molecule has 2 aromatic rings. The molecule has 6 heteroatoms. The molecule has 0 saturated carbocycles. The maximum Gasteiger partial charge on any atom is 0.238 e. The summed E-state index contributed by atoms with van der Waals surface area (Å²) in [7, 11) is 1.00. The number of rotatable bonds is 5. The van der Waals surface area contributed by atoms with Crippen molar-refractivity contribution in [3.63, 3.8) is 0 Å².